The van der Waals surface area contributed by atoms with Crippen LogP contribution in [0.25, 0.3) is 0 Å². The van der Waals surface area contributed by atoms with Crippen LogP contribution < -0.4 is 0 Å². The van der Waals surface area contributed by atoms with Gasteiger partial charge in [-0.1, -0.05) is 32.4 Å². The molecule has 1 saturated carbocycles. The molecule has 0 heterocycles. The van der Waals surface area contributed by atoms with Gasteiger partial charge in [-0.3, -0.25) is 0 Å². The first-order valence-electron chi connectivity index (χ1n) is 11.0. The van der Waals surface area contributed by atoms with Crippen LogP contribution in [-0.4, -0.2) is 30.4 Å². The average molecular weight is 393 g/mol. The lowest BCUT2D eigenvalue weighted by Crippen LogP contribution is -2.35. The molecule has 2 rings (SSSR count). The normalized spacial score (nSPS) is 34.3. The van der Waals surface area contributed by atoms with Crippen molar-refractivity contribution in [3.05, 3.63) is 24.0 Å². The molecular formula is C24H40O4. The van der Waals surface area contributed by atoms with Crippen molar-refractivity contribution >= 4 is 5.97 Å². The smallest absolute Gasteiger partial charge is 0.333 e. The SMILES string of the molecule is CCC1(C)C(CC(C)O)=CCCC1CCC1(C)CCCC1OC=CC(=O)OC. The van der Waals surface area contributed by atoms with Gasteiger partial charge in [0.1, 0.15) is 6.10 Å². The highest BCUT2D eigenvalue weighted by atomic mass is 16.5. The number of allylic oxidation sites excluding steroid dienone is 1. The molecule has 0 aromatic carbocycles. The number of carbonyl (C=O) groups excluding carboxylic acids is 1. The highest BCUT2D eigenvalue weighted by Crippen LogP contribution is 2.51. The fraction of sp³-hybridized carbons (Fsp3) is 0.792. The summed E-state index contributed by atoms with van der Waals surface area (Å²) in [6, 6.07) is 0. The zero-order chi connectivity index (χ0) is 20.8. The molecule has 0 aromatic heterocycles. The summed E-state index contributed by atoms with van der Waals surface area (Å²) in [6.07, 6.45) is 15.2. The molecule has 0 amide bonds. The first kappa shape index (κ1) is 23.0. The average Bonchev–Trinajstić information content (AvgIpc) is 3.02. The van der Waals surface area contributed by atoms with Gasteiger partial charge in [-0.25, -0.2) is 4.79 Å². The van der Waals surface area contributed by atoms with Gasteiger partial charge in [0.05, 0.1) is 25.6 Å². The number of carbonyl (C=O) groups is 1. The molecule has 0 aromatic rings. The van der Waals surface area contributed by atoms with Gasteiger partial charge in [0, 0.05) is 5.41 Å². The lowest BCUT2D eigenvalue weighted by Gasteiger charge is -2.44. The minimum atomic E-state index is -0.377. The Bertz CT molecular complexity index is 579. The number of hydrogen-bond acceptors (Lipinski definition) is 4. The maximum Gasteiger partial charge on any atom is 0.333 e. The lowest BCUT2D eigenvalue weighted by molar-refractivity contribution is -0.135. The van der Waals surface area contributed by atoms with E-state index in [2.05, 4.69) is 31.6 Å². The maximum atomic E-state index is 11.3. The molecule has 4 heteroatoms. The van der Waals surface area contributed by atoms with Gasteiger partial charge >= 0.3 is 5.97 Å². The van der Waals surface area contributed by atoms with Crippen molar-refractivity contribution in [2.45, 2.75) is 97.7 Å². The van der Waals surface area contributed by atoms with E-state index in [1.807, 2.05) is 6.92 Å². The van der Waals surface area contributed by atoms with Crippen molar-refractivity contribution in [3.63, 3.8) is 0 Å². The number of methoxy groups -OCH3 is 1. The largest absolute Gasteiger partial charge is 0.497 e. The third-order valence-corrected chi connectivity index (χ3v) is 7.49. The molecule has 5 atom stereocenters. The Morgan fingerprint density at radius 1 is 1.39 bits per heavy atom. The molecule has 2 aliphatic rings. The van der Waals surface area contributed by atoms with E-state index < -0.39 is 0 Å². The summed E-state index contributed by atoms with van der Waals surface area (Å²) in [5, 5.41) is 9.94. The van der Waals surface area contributed by atoms with Gasteiger partial charge < -0.3 is 14.6 Å². The highest BCUT2D eigenvalue weighted by Gasteiger charge is 2.43. The van der Waals surface area contributed by atoms with E-state index in [9.17, 15) is 9.90 Å². The van der Waals surface area contributed by atoms with Gasteiger partial charge in [-0.05, 0) is 76.0 Å². The molecule has 0 aliphatic heterocycles. The second-order valence-corrected chi connectivity index (χ2v) is 9.36. The van der Waals surface area contributed by atoms with Crippen molar-refractivity contribution < 1.29 is 19.4 Å². The fourth-order valence-corrected chi connectivity index (χ4v) is 5.37. The Hall–Kier alpha value is -1.29. The zero-order valence-corrected chi connectivity index (χ0v) is 18.5. The number of aliphatic hydroxyl groups is 1. The van der Waals surface area contributed by atoms with Crippen LogP contribution in [-0.2, 0) is 14.3 Å². The summed E-state index contributed by atoms with van der Waals surface area (Å²) in [5.74, 6) is 0.276. The van der Waals surface area contributed by atoms with Crippen molar-refractivity contribution in [1.29, 1.82) is 0 Å². The van der Waals surface area contributed by atoms with Crippen LogP contribution in [0.15, 0.2) is 24.0 Å². The molecule has 0 saturated heterocycles. The van der Waals surface area contributed by atoms with Crippen LogP contribution in [0.3, 0.4) is 0 Å². The Balaban J connectivity index is 2.01. The van der Waals surface area contributed by atoms with Gasteiger partial charge in [0.25, 0.3) is 0 Å². The molecule has 160 valence electrons. The Morgan fingerprint density at radius 3 is 2.79 bits per heavy atom. The number of rotatable bonds is 9. The van der Waals surface area contributed by atoms with Gasteiger partial charge in [0.2, 0.25) is 0 Å². The lowest BCUT2D eigenvalue weighted by atomic mass is 9.61. The monoisotopic (exact) mass is 392 g/mol. The van der Waals surface area contributed by atoms with Crippen molar-refractivity contribution in [3.8, 4) is 0 Å². The van der Waals surface area contributed by atoms with Crippen LogP contribution in [0, 0.1) is 16.7 Å². The van der Waals surface area contributed by atoms with Crippen molar-refractivity contribution in [2.75, 3.05) is 7.11 Å². The predicted molar refractivity (Wildman–Crippen MR) is 113 cm³/mol. The number of aliphatic hydroxyl groups excluding tert-OH is 1. The summed E-state index contributed by atoms with van der Waals surface area (Å²) in [5.41, 5.74) is 1.79. The van der Waals surface area contributed by atoms with E-state index in [0.717, 1.165) is 32.1 Å². The third kappa shape index (κ3) is 5.40. The summed E-state index contributed by atoms with van der Waals surface area (Å²) in [4.78, 5) is 11.3. The van der Waals surface area contributed by atoms with Gasteiger partial charge in [-0.15, -0.1) is 0 Å². The van der Waals surface area contributed by atoms with Gasteiger partial charge in [0.15, 0.2) is 0 Å². The molecule has 0 radical (unpaired) electrons. The maximum absolute atomic E-state index is 11.3. The minimum absolute atomic E-state index is 0.153. The number of ether oxygens (including phenoxy) is 2. The van der Waals surface area contributed by atoms with Crippen LogP contribution >= 0.6 is 0 Å². The minimum Gasteiger partial charge on any atom is -0.497 e. The highest BCUT2D eigenvalue weighted by molar-refractivity contribution is 5.81. The summed E-state index contributed by atoms with van der Waals surface area (Å²) < 4.78 is 10.6. The zero-order valence-electron chi connectivity index (χ0n) is 18.5. The van der Waals surface area contributed by atoms with E-state index in [4.69, 9.17) is 4.74 Å². The van der Waals surface area contributed by atoms with E-state index in [1.165, 1.54) is 50.7 Å². The van der Waals surface area contributed by atoms with Crippen LogP contribution in [0.2, 0.25) is 0 Å². The number of hydrogen-bond donors (Lipinski definition) is 1. The molecular weight excluding hydrogens is 352 g/mol. The van der Waals surface area contributed by atoms with Crippen LogP contribution in [0.1, 0.15) is 85.5 Å². The molecule has 4 nitrogen and oxygen atoms in total. The molecule has 2 aliphatic carbocycles. The predicted octanol–water partition coefficient (Wildman–Crippen LogP) is 5.55. The Kier molecular flexibility index (Phi) is 8.18. The Morgan fingerprint density at radius 2 is 2.14 bits per heavy atom. The quantitative estimate of drug-likeness (QED) is 0.242. The van der Waals surface area contributed by atoms with E-state index in [0.29, 0.717) is 5.92 Å². The first-order chi connectivity index (χ1) is 13.2. The third-order valence-electron chi connectivity index (χ3n) is 7.49. The Labute approximate surface area is 171 Å². The molecule has 1 N–H and O–H groups in total. The van der Waals surface area contributed by atoms with Crippen LogP contribution in [0.4, 0.5) is 0 Å². The number of esters is 1. The van der Waals surface area contributed by atoms with E-state index >= 15 is 0 Å². The molecule has 1 fully saturated rings. The van der Waals surface area contributed by atoms with Crippen molar-refractivity contribution in [2.24, 2.45) is 16.7 Å². The van der Waals surface area contributed by atoms with Crippen molar-refractivity contribution in [1.82, 2.24) is 0 Å². The molecule has 0 spiro atoms. The van der Waals surface area contributed by atoms with Gasteiger partial charge in [-0.2, -0.15) is 0 Å². The van der Waals surface area contributed by atoms with E-state index in [-0.39, 0.29) is 29.0 Å². The van der Waals surface area contributed by atoms with E-state index in [1.54, 1.807) is 0 Å². The second-order valence-electron chi connectivity index (χ2n) is 9.36. The summed E-state index contributed by atoms with van der Waals surface area (Å²) >= 11 is 0. The topological polar surface area (TPSA) is 55.8 Å². The standard InChI is InChI=1S/C24H40O4/c1-6-24(4)19(9-7-10-20(24)17-18(2)25)12-15-23(3)14-8-11-21(23)28-16-13-22(26)27-5/h10,13,16,18-19,21,25H,6-9,11-12,14-15,17H2,1-5H3. The summed E-state index contributed by atoms with van der Waals surface area (Å²) in [7, 11) is 1.38. The molecule has 5 unspecified atom stereocenters. The van der Waals surface area contributed by atoms with Crippen LogP contribution in [0.5, 0.6) is 0 Å². The second kappa shape index (κ2) is 9.96. The molecule has 28 heavy (non-hydrogen) atoms. The first-order valence-corrected chi connectivity index (χ1v) is 11.0. The molecule has 0 bridgehead atoms. The fourth-order valence-electron chi connectivity index (χ4n) is 5.37. The summed E-state index contributed by atoms with van der Waals surface area (Å²) in [6.45, 7) is 8.92.